The van der Waals surface area contributed by atoms with Crippen LogP contribution in [0.25, 0.3) is 0 Å². The fourth-order valence-electron chi connectivity index (χ4n) is 1.07. The number of sulfonamides is 1. The molecule has 0 rings (SSSR count). The Hall–Kier alpha value is -1.15. The summed E-state index contributed by atoms with van der Waals surface area (Å²) < 4.78 is 24.1. The van der Waals surface area contributed by atoms with Gasteiger partial charge in [0.05, 0.1) is 6.54 Å². The number of carboxylic acids is 1. The number of carbonyl (C=O) groups is 2. The van der Waals surface area contributed by atoms with E-state index in [-0.39, 0.29) is 5.91 Å². The van der Waals surface area contributed by atoms with Crippen molar-refractivity contribution in [1.29, 1.82) is 0 Å². The van der Waals surface area contributed by atoms with Gasteiger partial charge in [0.2, 0.25) is 15.9 Å². The molecule has 0 fully saturated rings. The highest BCUT2D eigenvalue weighted by Crippen LogP contribution is 1.90. The molecule has 0 spiro atoms. The lowest BCUT2D eigenvalue weighted by molar-refractivity contribution is -0.134. The Morgan fingerprint density at radius 2 is 1.75 bits per heavy atom. The van der Waals surface area contributed by atoms with E-state index in [1.807, 2.05) is 4.72 Å². The van der Waals surface area contributed by atoms with Crippen LogP contribution in [0, 0.1) is 0 Å². The molecule has 7 nitrogen and oxygen atoms in total. The first-order valence-electron chi connectivity index (χ1n) is 4.79. The van der Waals surface area contributed by atoms with Crippen LogP contribution in [-0.2, 0) is 19.6 Å². The van der Waals surface area contributed by atoms with E-state index in [0.29, 0.717) is 13.1 Å². The number of aliphatic carboxylic acids is 1. The standard InChI is InChI=1S/C8H16N2O5S/c1-3-10(4-2)7(11)5-9-16(14,15)6-8(12)13/h9H,3-6H2,1-2H3,(H,12,13). The first-order valence-corrected chi connectivity index (χ1v) is 6.44. The fourth-order valence-corrected chi connectivity index (χ4v) is 1.84. The summed E-state index contributed by atoms with van der Waals surface area (Å²) in [6.45, 7) is 4.10. The van der Waals surface area contributed by atoms with E-state index in [1.54, 1.807) is 13.8 Å². The third-order valence-electron chi connectivity index (χ3n) is 1.87. The van der Waals surface area contributed by atoms with Gasteiger partial charge in [-0.2, -0.15) is 0 Å². The summed E-state index contributed by atoms with van der Waals surface area (Å²) in [5, 5.41) is 8.30. The topological polar surface area (TPSA) is 104 Å². The Morgan fingerprint density at radius 3 is 2.12 bits per heavy atom. The summed E-state index contributed by atoms with van der Waals surface area (Å²) in [7, 11) is -3.92. The van der Waals surface area contributed by atoms with Crippen molar-refractivity contribution in [3.05, 3.63) is 0 Å². The lowest BCUT2D eigenvalue weighted by atomic mass is 10.4. The normalized spacial score (nSPS) is 11.1. The van der Waals surface area contributed by atoms with E-state index in [2.05, 4.69) is 0 Å². The zero-order valence-corrected chi connectivity index (χ0v) is 10.1. The van der Waals surface area contributed by atoms with Crippen LogP contribution in [0.3, 0.4) is 0 Å². The molecule has 0 saturated heterocycles. The van der Waals surface area contributed by atoms with Crippen molar-refractivity contribution in [3.63, 3.8) is 0 Å². The molecule has 1 amide bonds. The second-order valence-corrected chi connectivity index (χ2v) is 4.85. The van der Waals surface area contributed by atoms with Crippen molar-refractivity contribution in [2.75, 3.05) is 25.4 Å². The monoisotopic (exact) mass is 252 g/mol. The largest absolute Gasteiger partial charge is 0.480 e. The maximum Gasteiger partial charge on any atom is 0.320 e. The minimum absolute atomic E-state index is 0.376. The van der Waals surface area contributed by atoms with Gasteiger partial charge in [0.25, 0.3) is 0 Å². The van der Waals surface area contributed by atoms with Crippen molar-refractivity contribution < 1.29 is 23.1 Å². The van der Waals surface area contributed by atoms with Crippen molar-refractivity contribution >= 4 is 21.9 Å². The third-order valence-corrected chi connectivity index (χ3v) is 3.08. The first kappa shape index (κ1) is 14.8. The molecule has 0 unspecified atom stereocenters. The molecule has 0 aromatic rings. The van der Waals surface area contributed by atoms with Crippen molar-refractivity contribution in [2.45, 2.75) is 13.8 Å². The predicted molar refractivity (Wildman–Crippen MR) is 57.4 cm³/mol. The highest BCUT2D eigenvalue weighted by molar-refractivity contribution is 7.90. The van der Waals surface area contributed by atoms with E-state index in [0.717, 1.165) is 0 Å². The fraction of sp³-hybridized carbons (Fsp3) is 0.750. The first-order chi connectivity index (χ1) is 7.32. The molecule has 0 aliphatic rings. The second kappa shape index (κ2) is 6.44. The van der Waals surface area contributed by atoms with Gasteiger partial charge in [-0.3, -0.25) is 9.59 Å². The smallest absolute Gasteiger partial charge is 0.320 e. The maximum absolute atomic E-state index is 11.4. The molecule has 0 aromatic heterocycles. The number of rotatable bonds is 7. The highest BCUT2D eigenvalue weighted by atomic mass is 32.2. The molecule has 16 heavy (non-hydrogen) atoms. The van der Waals surface area contributed by atoms with Crippen LogP contribution in [0.4, 0.5) is 0 Å². The molecule has 0 aliphatic carbocycles. The van der Waals surface area contributed by atoms with Crippen LogP contribution < -0.4 is 4.72 Å². The number of nitrogens with zero attached hydrogens (tertiary/aromatic N) is 1. The Bertz CT molecular complexity index is 347. The average molecular weight is 252 g/mol. The average Bonchev–Trinajstić information content (AvgIpc) is 2.15. The van der Waals surface area contributed by atoms with Gasteiger partial charge in [-0.05, 0) is 13.8 Å². The summed E-state index contributed by atoms with van der Waals surface area (Å²) in [6.07, 6.45) is 0. The Kier molecular flexibility index (Phi) is 5.97. The van der Waals surface area contributed by atoms with Crippen molar-refractivity contribution in [1.82, 2.24) is 9.62 Å². The zero-order valence-electron chi connectivity index (χ0n) is 9.26. The Balaban J connectivity index is 4.24. The van der Waals surface area contributed by atoms with E-state index in [9.17, 15) is 18.0 Å². The Labute approximate surface area is 94.5 Å². The number of carbonyl (C=O) groups excluding carboxylic acids is 1. The van der Waals surface area contributed by atoms with E-state index < -0.39 is 28.3 Å². The second-order valence-electron chi connectivity index (χ2n) is 3.04. The molecule has 0 aromatic carbocycles. The van der Waals surface area contributed by atoms with Gasteiger partial charge >= 0.3 is 5.97 Å². The number of hydrogen-bond donors (Lipinski definition) is 2. The number of amides is 1. The van der Waals surface area contributed by atoms with Gasteiger partial charge in [-0.25, -0.2) is 13.1 Å². The molecule has 2 N–H and O–H groups in total. The summed E-state index contributed by atoms with van der Waals surface area (Å²) in [4.78, 5) is 23.0. The molecular weight excluding hydrogens is 236 g/mol. The lowest BCUT2D eigenvalue weighted by Crippen LogP contribution is -2.41. The van der Waals surface area contributed by atoms with Gasteiger partial charge in [0, 0.05) is 13.1 Å². The van der Waals surface area contributed by atoms with Gasteiger partial charge in [0.15, 0.2) is 5.75 Å². The van der Waals surface area contributed by atoms with Gasteiger partial charge in [-0.15, -0.1) is 0 Å². The summed E-state index contributed by atoms with van der Waals surface area (Å²) in [5.41, 5.74) is 0. The molecular formula is C8H16N2O5S. The SMILES string of the molecule is CCN(CC)C(=O)CNS(=O)(=O)CC(=O)O. The summed E-state index contributed by atoms with van der Waals surface area (Å²) in [6, 6.07) is 0. The zero-order chi connectivity index (χ0) is 12.8. The van der Waals surface area contributed by atoms with Gasteiger partial charge in [0.1, 0.15) is 0 Å². The van der Waals surface area contributed by atoms with Gasteiger partial charge < -0.3 is 10.0 Å². The minimum atomic E-state index is -3.92. The quantitative estimate of drug-likeness (QED) is 0.596. The van der Waals surface area contributed by atoms with E-state index in [4.69, 9.17) is 5.11 Å². The summed E-state index contributed by atoms with van der Waals surface area (Å²) in [5.74, 6) is -2.86. The molecule has 0 saturated carbocycles. The van der Waals surface area contributed by atoms with Crippen LogP contribution in [0.1, 0.15) is 13.8 Å². The molecule has 0 heterocycles. The molecule has 0 atom stereocenters. The van der Waals surface area contributed by atoms with E-state index >= 15 is 0 Å². The van der Waals surface area contributed by atoms with E-state index in [1.165, 1.54) is 4.90 Å². The van der Waals surface area contributed by atoms with Crippen LogP contribution in [0.15, 0.2) is 0 Å². The minimum Gasteiger partial charge on any atom is -0.480 e. The molecule has 8 heteroatoms. The predicted octanol–water partition coefficient (Wildman–Crippen LogP) is -1.14. The number of carboxylic acid groups (broad SMARTS) is 1. The molecule has 94 valence electrons. The van der Waals surface area contributed by atoms with Crippen LogP contribution >= 0.6 is 0 Å². The third kappa shape index (κ3) is 5.66. The number of nitrogens with one attached hydrogen (secondary N) is 1. The molecule has 0 bridgehead atoms. The van der Waals surface area contributed by atoms with Crippen LogP contribution in [-0.4, -0.2) is 55.7 Å². The molecule has 0 radical (unpaired) electrons. The number of hydrogen-bond acceptors (Lipinski definition) is 4. The maximum atomic E-state index is 11.4. The van der Waals surface area contributed by atoms with Crippen LogP contribution in [0.2, 0.25) is 0 Å². The van der Waals surface area contributed by atoms with Gasteiger partial charge in [-0.1, -0.05) is 0 Å². The molecule has 0 aliphatic heterocycles. The van der Waals surface area contributed by atoms with Crippen molar-refractivity contribution in [2.24, 2.45) is 0 Å². The van der Waals surface area contributed by atoms with Crippen molar-refractivity contribution in [3.8, 4) is 0 Å². The Morgan fingerprint density at radius 1 is 1.25 bits per heavy atom. The highest BCUT2D eigenvalue weighted by Gasteiger charge is 2.18. The number of likely N-dealkylation sites (N-methyl/N-ethyl adjacent to an activating group) is 1. The van der Waals surface area contributed by atoms with Crippen LogP contribution in [0.5, 0.6) is 0 Å². The lowest BCUT2D eigenvalue weighted by Gasteiger charge is -2.18. The summed E-state index contributed by atoms with van der Waals surface area (Å²) >= 11 is 0.